The normalized spacial score (nSPS) is 31.8. The molecule has 0 aromatic heterocycles. The molecule has 0 aliphatic carbocycles. The minimum absolute atomic E-state index is 0.167. The smallest absolute Gasteiger partial charge is 0.164 e. The fourth-order valence-corrected chi connectivity index (χ4v) is 1.29. The van der Waals surface area contributed by atoms with Crippen LogP contribution in [0.2, 0.25) is 0 Å². The van der Waals surface area contributed by atoms with Crippen LogP contribution >= 0.6 is 0 Å². The summed E-state index contributed by atoms with van der Waals surface area (Å²) in [7, 11) is 0. The first-order valence-corrected chi connectivity index (χ1v) is 4.13. The molecule has 0 amide bonds. The van der Waals surface area contributed by atoms with Crippen LogP contribution in [-0.4, -0.2) is 18.0 Å². The van der Waals surface area contributed by atoms with Crippen molar-refractivity contribution in [1.29, 1.82) is 5.26 Å². The Morgan fingerprint density at radius 1 is 1.38 bits per heavy atom. The fraction of sp³-hybridized carbons (Fsp3) is 0.500. The van der Waals surface area contributed by atoms with Crippen molar-refractivity contribution in [2.45, 2.75) is 31.8 Å². The lowest BCUT2D eigenvalue weighted by atomic mass is 10.2. The first-order valence-electron chi connectivity index (χ1n) is 4.13. The molecule has 0 bridgehead atoms. The van der Waals surface area contributed by atoms with E-state index in [1.54, 1.807) is 12.2 Å². The van der Waals surface area contributed by atoms with Crippen molar-refractivity contribution in [1.82, 2.24) is 0 Å². The van der Waals surface area contributed by atoms with Crippen LogP contribution in [0.5, 0.6) is 0 Å². The number of hydrogen-bond donors (Lipinski definition) is 0. The second kappa shape index (κ2) is 3.73. The SMILES string of the molecule is C=CC1OC(C)(C)OC1C=CC#N. The number of nitrogens with zero attached hydrogens (tertiary/aromatic N) is 1. The lowest BCUT2D eigenvalue weighted by molar-refractivity contribution is -0.138. The standard InChI is InChI=1S/C10H13NO2/c1-4-8-9(6-5-7-11)13-10(2,3)12-8/h4-6,8-9H,1H2,2-3H3. The number of allylic oxidation sites excluding steroid dienone is 1. The van der Waals surface area contributed by atoms with Gasteiger partial charge in [-0.2, -0.15) is 5.26 Å². The summed E-state index contributed by atoms with van der Waals surface area (Å²) in [5, 5.41) is 8.36. The molecule has 1 aliphatic rings. The summed E-state index contributed by atoms with van der Waals surface area (Å²) in [6.45, 7) is 7.32. The zero-order valence-electron chi connectivity index (χ0n) is 7.86. The Morgan fingerprint density at radius 2 is 2.00 bits per heavy atom. The van der Waals surface area contributed by atoms with Crippen molar-refractivity contribution in [3.63, 3.8) is 0 Å². The quantitative estimate of drug-likeness (QED) is 0.479. The van der Waals surface area contributed by atoms with E-state index in [1.807, 2.05) is 19.9 Å². The highest BCUT2D eigenvalue weighted by molar-refractivity contribution is 5.10. The molecule has 1 heterocycles. The van der Waals surface area contributed by atoms with Crippen LogP contribution in [0.25, 0.3) is 0 Å². The summed E-state index contributed by atoms with van der Waals surface area (Å²) in [5.74, 6) is -0.594. The summed E-state index contributed by atoms with van der Waals surface area (Å²) >= 11 is 0. The van der Waals surface area contributed by atoms with Gasteiger partial charge < -0.3 is 9.47 Å². The monoisotopic (exact) mass is 179 g/mol. The highest BCUT2D eigenvalue weighted by Crippen LogP contribution is 2.29. The molecule has 0 spiro atoms. The number of nitriles is 1. The van der Waals surface area contributed by atoms with E-state index in [0.717, 1.165) is 0 Å². The summed E-state index contributed by atoms with van der Waals surface area (Å²) in [6, 6.07) is 1.92. The number of ether oxygens (including phenoxy) is 2. The maximum Gasteiger partial charge on any atom is 0.164 e. The predicted molar refractivity (Wildman–Crippen MR) is 48.8 cm³/mol. The van der Waals surface area contributed by atoms with Gasteiger partial charge in [-0.25, -0.2) is 0 Å². The molecule has 0 saturated carbocycles. The molecule has 3 nitrogen and oxygen atoms in total. The summed E-state index contributed by atoms with van der Waals surface area (Å²) in [5.41, 5.74) is 0. The number of hydrogen-bond acceptors (Lipinski definition) is 3. The maximum absolute atomic E-state index is 8.36. The van der Waals surface area contributed by atoms with Gasteiger partial charge in [-0.15, -0.1) is 6.58 Å². The molecule has 1 fully saturated rings. The van der Waals surface area contributed by atoms with Gasteiger partial charge in [0.05, 0.1) is 6.07 Å². The van der Waals surface area contributed by atoms with E-state index in [1.165, 1.54) is 6.08 Å². The van der Waals surface area contributed by atoms with Gasteiger partial charge in [0.25, 0.3) is 0 Å². The van der Waals surface area contributed by atoms with Crippen LogP contribution < -0.4 is 0 Å². The van der Waals surface area contributed by atoms with Crippen LogP contribution in [0.15, 0.2) is 24.8 Å². The molecule has 2 unspecified atom stereocenters. The Bertz CT molecular complexity index is 263. The topological polar surface area (TPSA) is 42.2 Å². The minimum Gasteiger partial charge on any atom is -0.340 e. The zero-order valence-corrected chi connectivity index (χ0v) is 7.86. The molecule has 0 radical (unpaired) electrons. The third kappa shape index (κ3) is 2.41. The van der Waals surface area contributed by atoms with Crippen molar-refractivity contribution < 1.29 is 9.47 Å². The summed E-state index contributed by atoms with van der Waals surface area (Å²) in [6.07, 6.45) is 4.39. The van der Waals surface area contributed by atoms with Crippen molar-refractivity contribution in [3.8, 4) is 6.07 Å². The molecule has 0 N–H and O–H groups in total. The predicted octanol–water partition coefficient (Wildman–Crippen LogP) is 1.77. The lowest BCUT2D eigenvalue weighted by Gasteiger charge is -2.15. The summed E-state index contributed by atoms with van der Waals surface area (Å²) in [4.78, 5) is 0. The van der Waals surface area contributed by atoms with E-state index < -0.39 is 5.79 Å². The molecular weight excluding hydrogens is 166 g/mol. The Hall–Kier alpha value is -1.11. The Balaban J connectivity index is 2.70. The first-order chi connectivity index (χ1) is 6.09. The molecule has 1 rings (SSSR count). The number of rotatable bonds is 2. The molecule has 13 heavy (non-hydrogen) atoms. The minimum atomic E-state index is -0.594. The average Bonchev–Trinajstić information content (AvgIpc) is 2.37. The molecular formula is C10H13NO2. The molecule has 0 aromatic carbocycles. The highest BCUT2D eigenvalue weighted by atomic mass is 16.7. The second-order valence-electron chi connectivity index (χ2n) is 3.29. The van der Waals surface area contributed by atoms with Crippen molar-refractivity contribution in [3.05, 3.63) is 24.8 Å². The van der Waals surface area contributed by atoms with E-state index in [0.29, 0.717) is 0 Å². The lowest BCUT2D eigenvalue weighted by Crippen LogP contribution is -2.20. The zero-order chi connectivity index (χ0) is 9.90. The van der Waals surface area contributed by atoms with Crippen LogP contribution in [-0.2, 0) is 9.47 Å². The van der Waals surface area contributed by atoms with Gasteiger partial charge in [-0.05, 0) is 19.9 Å². The Kier molecular flexibility index (Phi) is 2.86. The van der Waals surface area contributed by atoms with E-state index >= 15 is 0 Å². The molecule has 2 atom stereocenters. The first kappa shape index (κ1) is 9.97. The average molecular weight is 179 g/mol. The third-order valence-electron chi connectivity index (χ3n) is 1.76. The van der Waals surface area contributed by atoms with Gasteiger partial charge in [0, 0.05) is 6.08 Å². The highest BCUT2D eigenvalue weighted by Gasteiger charge is 2.38. The van der Waals surface area contributed by atoms with Crippen LogP contribution in [0.1, 0.15) is 13.8 Å². The van der Waals surface area contributed by atoms with Crippen LogP contribution in [0, 0.1) is 11.3 Å². The van der Waals surface area contributed by atoms with Crippen molar-refractivity contribution in [2.24, 2.45) is 0 Å². The van der Waals surface area contributed by atoms with Gasteiger partial charge in [-0.1, -0.05) is 6.08 Å². The van der Waals surface area contributed by atoms with Gasteiger partial charge in [0.1, 0.15) is 12.2 Å². The van der Waals surface area contributed by atoms with Gasteiger partial charge in [0.2, 0.25) is 0 Å². The molecule has 70 valence electrons. The molecule has 0 aromatic rings. The third-order valence-corrected chi connectivity index (χ3v) is 1.76. The van der Waals surface area contributed by atoms with Gasteiger partial charge in [-0.3, -0.25) is 0 Å². The van der Waals surface area contributed by atoms with Gasteiger partial charge >= 0.3 is 0 Å². The van der Waals surface area contributed by atoms with Crippen molar-refractivity contribution >= 4 is 0 Å². The van der Waals surface area contributed by atoms with Gasteiger partial charge in [0.15, 0.2) is 5.79 Å². The largest absolute Gasteiger partial charge is 0.340 e. The van der Waals surface area contributed by atoms with E-state index in [-0.39, 0.29) is 12.2 Å². The van der Waals surface area contributed by atoms with E-state index in [4.69, 9.17) is 14.7 Å². The Morgan fingerprint density at radius 3 is 2.54 bits per heavy atom. The summed E-state index contributed by atoms with van der Waals surface area (Å²) < 4.78 is 11.0. The van der Waals surface area contributed by atoms with E-state index in [9.17, 15) is 0 Å². The fourth-order valence-electron chi connectivity index (χ4n) is 1.29. The van der Waals surface area contributed by atoms with Crippen LogP contribution in [0.3, 0.4) is 0 Å². The molecule has 1 aliphatic heterocycles. The van der Waals surface area contributed by atoms with Crippen LogP contribution in [0.4, 0.5) is 0 Å². The molecule has 3 heteroatoms. The maximum atomic E-state index is 8.36. The van der Waals surface area contributed by atoms with E-state index in [2.05, 4.69) is 6.58 Å². The molecule has 1 saturated heterocycles. The second-order valence-corrected chi connectivity index (χ2v) is 3.29. The Labute approximate surface area is 78.3 Å². The van der Waals surface area contributed by atoms with Crippen molar-refractivity contribution in [2.75, 3.05) is 0 Å².